The minimum Gasteiger partial charge on any atom is -0.350 e. The number of hydrogen-bond acceptors (Lipinski definition) is 1. The fourth-order valence-electron chi connectivity index (χ4n) is 1.83. The number of carbonyl (C=O) groups excluding carboxylic acids is 1. The summed E-state index contributed by atoms with van der Waals surface area (Å²) in [4.78, 5) is 12.1. The van der Waals surface area contributed by atoms with Crippen LogP contribution in [0.2, 0.25) is 0 Å². The Morgan fingerprint density at radius 2 is 1.88 bits per heavy atom. The van der Waals surface area contributed by atoms with Gasteiger partial charge in [0.15, 0.2) is 0 Å². The molecule has 2 aromatic carbocycles. The van der Waals surface area contributed by atoms with E-state index in [-0.39, 0.29) is 11.9 Å². The highest BCUT2D eigenvalue weighted by molar-refractivity contribution is 6.07. The van der Waals surface area contributed by atoms with Gasteiger partial charge in [0.1, 0.15) is 0 Å². The van der Waals surface area contributed by atoms with Gasteiger partial charge in [0.2, 0.25) is 0 Å². The van der Waals surface area contributed by atoms with Gasteiger partial charge in [-0.1, -0.05) is 43.3 Å². The number of amides is 1. The second kappa shape index (κ2) is 5.00. The van der Waals surface area contributed by atoms with Crippen molar-refractivity contribution in [3.63, 3.8) is 0 Å². The fraction of sp³-hybridized carbons (Fsp3) is 0.267. The zero-order valence-corrected chi connectivity index (χ0v) is 10.2. The van der Waals surface area contributed by atoms with Crippen LogP contribution in [0.25, 0.3) is 10.8 Å². The summed E-state index contributed by atoms with van der Waals surface area (Å²) in [5.74, 6) is 0.0103. The van der Waals surface area contributed by atoms with Crippen LogP contribution in [0, 0.1) is 0 Å². The highest BCUT2D eigenvalue weighted by atomic mass is 16.1. The van der Waals surface area contributed by atoms with E-state index in [1.165, 1.54) is 0 Å². The molecule has 0 spiro atoms. The van der Waals surface area contributed by atoms with Crippen LogP contribution in [0.15, 0.2) is 42.5 Å². The fourth-order valence-corrected chi connectivity index (χ4v) is 1.83. The lowest BCUT2D eigenvalue weighted by atomic mass is 10.0. The SMILES string of the molecule is CC[C@@H](C)NC(=O)c1cccc2ccccc12. The van der Waals surface area contributed by atoms with Gasteiger partial charge in [-0.2, -0.15) is 0 Å². The van der Waals surface area contributed by atoms with Gasteiger partial charge < -0.3 is 5.32 Å². The quantitative estimate of drug-likeness (QED) is 0.855. The predicted molar refractivity (Wildman–Crippen MR) is 71.2 cm³/mol. The van der Waals surface area contributed by atoms with Crippen molar-refractivity contribution in [3.05, 3.63) is 48.0 Å². The van der Waals surface area contributed by atoms with Crippen molar-refractivity contribution in [2.24, 2.45) is 0 Å². The normalized spacial score (nSPS) is 12.4. The zero-order chi connectivity index (χ0) is 12.3. The standard InChI is InChI=1S/C15H17NO/c1-3-11(2)16-15(17)14-10-6-8-12-7-4-5-9-13(12)14/h4-11H,3H2,1-2H3,(H,16,17)/t11-/m1/s1. The summed E-state index contributed by atoms with van der Waals surface area (Å²) in [6.45, 7) is 4.08. The molecule has 0 bridgehead atoms. The Balaban J connectivity index is 2.38. The van der Waals surface area contributed by atoms with Crippen LogP contribution in [0.4, 0.5) is 0 Å². The number of rotatable bonds is 3. The van der Waals surface area contributed by atoms with Gasteiger partial charge in [0.25, 0.3) is 5.91 Å². The number of fused-ring (bicyclic) bond motifs is 1. The van der Waals surface area contributed by atoms with Crippen LogP contribution >= 0.6 is 0 Å². The van der Waals surface area contributed by atoms with Crippen LogP contribution in [-0.4, -0.2) is 11.9 Å². The van der Waals surface area contributed by atoms with Crippen molar-refractivity contribution >= 4 is 16.7 Å². The summed E-state index contributed by atoms with van der Waals surface area (Å²) in [5, 5.41) is 5.11. The Bertz CT molecular complexity index is 528. The van der Waals surface area contributed by atoms with Crippen molar-refractivity contribution in [1.82, 2.24) is 5.32 Å². The third-order valence-electron chi connectivity index (χ3n) is 3.02. The van der Waals surface area contributed by atoms with E-state index < -0.39 is 0 Å². The average molecular weight is 227 g/mol. The zero-order valence-electron chi connectivity index (χ0n) is 10.2. The molecule has 2 aromatic rings. The van der Waals surface area contributed by atoms with Gasteiger partial charge in [0.05, 0.1) is 0 Å². The highest BCUT2D eigenvalue weighted by Gasteiger charge is 2.10. The molecule has 0 fully saturated rings. The Morgan fingerprint density at radius 1 is 1.18 bits per heavy atom. The predicted octanol–water partition coefficient (Wildman–Crippen LogP) is 3.37. The van der Waals surface area contributed by atoms with E-state index in [1.807, 2.05) is 49.4 Å². The first kappa shape index (κ1) is 11.6. The summed E-state index contributed by atoms with van der Waals surface area (Å²) in [6.07, 6.45) is 0.941. The van der Waals surface area contributed by atoms with Gasteiger partial charge in [0, 0.05) is 11.6 Å². The van der Waals surface area contributed by atoms with Crippen LogP contribution < -0.4 is 5.32 Å². The summed E-state index contributed by atoms with van der Waals surface area (Å²) in [7, 11) is 0. The topological polar surface area (TPSA) is 29.1 Å². The maximum Gasteiger partial charge on any atom is 0.252 e. The van der Waals surface area contributed by atoms with Gasteiger partial charge in [-0.25, -0.2) is 0 Å². The number of benzene rings is 2. The third-order valence-corrected chi connectivity index (χ3v) is 3.02. The molecule has 2 rings (SSSR count). The van der Waals surface area contributed by atoms with E-state index in [2.05, 4.69) is 12.2 Å². The Hall–Kier alpha value is -1.83. The molecule has 2 heteroatoms. The second-order valence-corrected chi connectivity index (χ2v) is 4.31. The van der Waals surface area contributed by atoms with Gasteiger partial charge in [-0.3, -0.25) is 4.79 Å². The molecule has 0 saturated carbocycles. The smallest absolute Gasteiger partial charge is 0.252 e. The molecule has 17 heavy (non-hydrogen) atoms. The van der Waals surface area contributed by atoms with Crippen LogP contribution in [0.5, 0.6) is 0 Å². The molecule has 0 aliphatic rings. The maximum absolute atomic E-state index is 12.1. The third kappa shape index (κ3) is 2.47. The summed E-state index contributed by atoms with van der Waals surface area (Å²) < 4.78 is 0. The molecule has 0 aromatic heterocycles. The molecule has 0 unspecified atom stereocenters. The van der Waals surface area contributed by atoms with Crippen LogP contribution in [0.1, 0.15) is 30.6 Å². The summed E-state index contributed by atoms with van der Waals surface area (Å²) in [5.41, 5.74) is 0.753. The van der Waals surface area contributed by atoms with Gasteiger partial charge in [-0.05, 0) is 30.2 Å². The molecule has 88 valence electrons. The van der Waals surface area contributed by atoms with E-state index in [0.717, 1.165) is 22.8 Å². The Morgan fingerprint density at radius 3 is 2.65 bits per heavy atom. The summed E-state index contributed by atoms with van der Waals surface area (Å²) >= 11 is 0. The molecule has 0 aliphatic carbocycles. The second-order valence-electron chi connectivity index (χ2n) is 4.31. The van der Waals surface area contributed by atoms with Crippen molar-refractivity contribution in [1.29, 1.82) is 0 Å². The monoisotopic (exact) mass is 227 g/mol. The molecule has 1 N–H and O–H groups in total. The van der Waals surface area contributed by atoms with E-state index in [0.29, 0.717) is 0 Å². The minimum atomic E-state index is 0.0103. The number of carbonyl (C=O) groups is 1. The van der Waals surface area contributed by atoms with E-state index >= 15 is 0 Å². The molecule has 2 nitrogen and oxygen atoms in total. The first-order valence-electron chi connectivity index (χ1n) is 6.01. The van der Waals surface area contributed by atoms with Crippen molar-refractivity contribution in [2.45, 2.75) is 26.3 Å². The van der Waals surface area contributed by atoms with Crippen LogP contribution in [-0.2, 0) is 0 Å². The lowest BCUT2D eigenvalue weighted by Crippen LogP contribution is -2.31. The maximum atomic E-state index is 12.1. The average Bonchev–Trinajstić information content (AvgIpc) is 2.37. The lowest BCUT2D eigenvalue weighted by Gasteiger charge is -2.12. The first-order valence-corrected chi connectivity index (χ1v) is 6.01. The van der Waals surface area contributed by atoms with Crippen LogP contribution in [0.3, 0.4) is 0 Å². The minimum absolute atomic E-state index is 0.0103. The molecule has 1 amide bonds. The van der Waals surface area contributed by atoms with Gasteiger partial charge in [-0.15, -0.1) is 0 Å². The number of hydrogen-bond donors (Lipinski definition) is 1. The van der Waals surface area contributed by atoms with E-state index in [1.54, 1.807) is 0 Å². The number of nitrogens with one attached hydrogen (secondary N) is 1. The van der Waals surface area contributed by atoms with E-state index in [9.17, 15) is 4.79 Å². The largest absolute Gasteiger partial charge is 0.350 e. The molecule has 1 atom stereocenters. The molecule has 0 radical (unpaired) electrons. The Kier molecular flexibility index (Phi) is 3.43. The highest BCUT2D eigenvalue weighted by Crippen LogP contribution is 2.18. The molecular formula is C15H17NO. The molecule has 0 heterocycles. The molecule has 0 saturated heterocycles. The van der Waals surface area contributed by atoms with Crippen molar-refractivity contribution in [2.75, 3.05) is 0 Å². The van der Waals surface area contributed by atoms with Crippen molar-refractivity contribution in [3.8, 4) is 0 Å². The first-order chi connectivity index (χ1) is 8.22. The van der Waals surface area contributed by atoms with E-state index in [4.69, 9.17) is 0 Å². The van der Waals surface area contributed by atoms with Gasteiger partial charge >= 0.3 is 0 Å². The lowest BCUT2D eigenvalue weighted by molar-refractivity contribution is 0.0941. The van der Waals surface area contributed by atoms with Crippen molar-refractivity contribution < 1.29 is 4.79 Å². The Labute approximate surface area is 102 Å². The molecular weight excluding hydrogens is 210 g/mol. The molecule has 0 aliphatic heterocycles. The summed E-state index contributed by atoms with van der Waals surface area (Å²) in [6, 6.07) is 14.0.